The van der Waals surface area contributed by atoms with Gasteiger partial charge < -0.3 is 14.8 Å². The van der Waals surface area contributed by atoms with Crippen LogP contribution in [0, 0.1) is 5.92 Å². The number of esters is 1. The smallest absolute Gasteiger partial charge is 0.344 e. The number of carbonyl (C=O) groups excluding carboxylic acids is 2. The second kappa shape index (κ2) is 7.67. The van der Waals surface area contributed by atoms with Crippen molar-refractivity contribution < 1.29 is 19.1 Å². The Balaban J connectivity index is 1.88. The van der Waals surface area contributed by atoms with Crippen molar-refractivity contribution in [2.24, 2.45) is 5.92 Å². The van der Waals surface area contributed by atoms with Crippen LogP contribution in [0.2, 0.25) is 0 Å². The highest BCUT2D eigenvalue weighted by Crippen LogP contribution is 2.26. The van der Waals surface area contributed by atoms with E-state index < -0.39 is 5.97 Å². The molecule has 1 N–H and O–H groups in total. The van der Waals surface area contributed by atoms with E-state index >= 15 is 0 Å². The summed E-state index contributed by atoms with van der Waals surface area (Å²) in [6.45, 7) is 1.95. The van der Waals surface area contributed by atoms with E-state index in [2.05, 4.69) is 5.32 Å². The Kier molecular flexibility index (Phi) is 5.60. The standard InChI is InChI=1S/C16H21NO4/c1-2-20-15(18)11-21-14-9-5-8-13(10-14)17-16(19)12-6-3-4-7-12/h5,8-10,12H,2-4,6-7,11H2,1H3,(H,17,19). The van der Waals surface area contributed by atoms with E-state index in [0.29, 0.717) is 18.0 Å². The minimum Gasteiger partial charge on any atom is -0.482 e. The summed E-state index contributed by atoms with van der Waals surface area (Å²) in [6.07, 6.45) is 4.18. The van der Waals surface area contributed by atoms with Gasteiger partial charge in [0.25, 0.3) is 0 Å². The predicted octanol–water partition coefficient (Wildman–Crippen LogP) is 2.76. The lowest BCUT2D eigenvalue weighted by atomic mass is 10.1. The van der Waals surface area contributed by atoms with Gasteiger partial charge in [0.05, 0.1) is 6.61 Å². The van der Waals surface area contributed by atoms with Gasteiger partial charge in [0.1, 0.15) is 5.75 Å². The number of ether oxygens (including phenoxy) is 2. The largest absolute Gasteiger partial charge is 0.482 e. The topological polar surface area (TPSA) is 64.6 Å². The number of amides is 1. The van der Waals surface area contributed by atoms with Crippen molar-refractivity contribution in [3.05, 3.63) is 24.3 Å². The van der Waals surface area contributed by atoms with E-state index in [0.717, 1.165) is 25.7 Å². The molecule has 0 saturated heterocycles. The summed E-state index contributed by atoms with van der Waals surface area (Å²) >= 11 is 0. The Morgan fingerprint density at radius 3 is 2.76 bits per heavy atom. The summed E-state index contributed by atoms with van der Waals surface area (Å²) in [5.74, 6) is 0.314. The number of hydrogen-bond donors (Lipinski definition) is 1. The Bertz CT molecular complexity index is 495. The van der Waals surface area contributed by atoms with Crippen LogP contribution >= 0.6 is 0 Å². The van der Waals surface area contributed by atoms with Gasteiger partial charge in [-0.25, -0.2) is 4.79 Å². The fourth-order valence-electron chi connectivity index (χ4n) is 2.44. The molecule has 0 bridgehead atoms. The predicted molar refractivity (Wildman–Crippen MR) is 79.2 cm³/mol. The number of carbonyl (C=O) groups is 2. The van der Waals surface area contributed by atoms with E-state index in [4.69, 9.17) is 9.47 Å². The summed E-state index contributed by atoms with van der Waals surface area (Å²) < 4.78 is 10.1. The van der Waals surface area contributed by atoms with Crippen LogP contribution in [0.5, 0.6) is 5.75 Å². The maximum absolute atomic E-state index is 12.1. The third-order valence-electron chi connectivity index (χ3n) is 3.49. The van der Waals surface area contributed by atoms with Crippen LogP contribution in [0.25, 0.3) is 0 Å². The van der Waals surface area contributed by atoms with Gasteiger partial charge in [0.15, 0.2) is 6.61 Å². The Labute approximate surface area is 124 Å². The number of nitrogens with one attached hydrogen (secondary N) is 1. The quantitative estimate of drug-likeness (QED) is 0.818. The molecule has 0 spiro atoms. The number of benzene rings is 1. The lowest BCUT2D eigenvalue weighted by molar-refractivity contribution is -0.145. The van der Waals surface area contributed by atoms with Crippen LogP contribution in [0.1, 0.15) is 32.6 Å². The number of anilines is 1. The molecule has 0 atom stereocenters. The lowest BCUT2D eigenvalue weighted by Gasteiger charge is -2.11. The average Bonchev–Trinajstić information content (AvgIpc) is 3.00. The van der Waals surface area contributed by atoms with Crippen molar-refractivity contribution in [2.75, 3.05) is 18.5 Å². The second-order valence-electron chi connectivity index (χ2n) is 5.09. The van der Waals surface area contributed by atoms with Crippen LogP contribution in [0.4, 0.5) is 5.69 Å². The SMILES string of the molecule is CCOC(=O)COc1cccc(NC(=O)C2CCCC2)c1. The Morgan fingerprint density at radius 2 is 2.05 bits per heavy atom. The fourth-order valence-corrected chi connectivity index (χ4v) is 2.44. The maximum Gasteiger partial charge on any atom is 0.344 e. The molecule has 5 nitrogen and oxygen atoms in total. The summed E-state index contributed by atoms with van der Waals surface area (Å²) in [7, 11) is 0. The molecule has 114 valence electrons. The molecule has 0 heterocycles. The maximum atomic E-state index is 12.1. The Hall–Kier alpha value is -2.04. The highest BCUT2D eigenvalue weighted by atomic mass is 16.6. The zero-order chi connectivity index (χ0) is 15.1. The summed E-state index contributed by atoms with van der Waals surface area (Å²) in [5.41, 5.74) is 0.688. The van der Waals surface area contributed by atoms with E-state index in [1.54, 1.807) is 25.1 Å². The van der Waals surface area contributed by atoms with Crippen LogP contribution in [0.15, 0.2) is 24.3 Å². The van der Waals surface area contributed by atoms with Gasteiger partial charge in [-0.3, -0.25) is 4.79 Å². The fraction of sp³-hybridized carbons (Fsp3) is 0.500. The van der Waals surface area contributed by atoms with Crippen molar-refractivity contribution in [3.63, 3.8) is 0 Å². The molecule has 1 saturated carbocycles. The first-order valence-electron chi connectivity index (χ1n) is 7.38. The molecular formula is C16H21NO4. The molecule has 0 aromatic heterocycles. The molecular weight excluding hydrogens is 270 g/mol. The average molecular weight is 291 g/mol. The molecule has 5 heteroatoms. The van der Waals surface area contributed by atoms with Gasteiger partial charge in [0, 0.05) is 17.7 Å². The van der Waals surface area contributed by atoms with E-state index in [1.807, 2.05) is 6.07 Å². The Morgan fingerprint density at radius 1 is 1.29 bits per heavy atom. The minimum absolute atomic E-state index is 0.0649. The van der Waals surface area contributed by atoms with Gasteiger partial charge in [-0.05, 0) is 31.9 Å². The molecule has 1 aromatic carbocycles. The normalized spacial score (nSPS) is 14.7. The van der Waals surface area contributed by atoms with E-state index in [9.17, 15) is 9.59 Å². The van der Waals surface area contributed by atoms with Crippen molar-refractivity contribution in [1.82, 2.24) is 0 Å². The first-order valence-corrected chi connectivity index (χ1v) is 7.38. The monoisotopic (exact) mass is 291 g/mol. The van der Waals surface area contributed by atoms with Crippen molar-refractivity contribution in [1.29, 1.82) is 0 Å². The highest BCUT2D eigenvalue weighted by molar-refractivity contribution is 5.92. The molecule has 0 radical (unpaired) electrons. The third kappa shape index (κ3) is 4.77. The first-order chi connectivity index (χ1) is 10.2. The molecule has 0 aliphatic heterocycles. The second-order valence-corrected chi connectivity index (χ2v) is 5.09. The number of hydrogen-bond acceptors (Lipinski definition) is 4. The van der Waals surface area contributed by atoms with Gasteiger partial charge in [-0.15, -0.1) is 0 Å². The molecule has 2 rings (SSSR count). The molecule has 1 fully saturated rings. The summed E-state index contributed by atoms with van der Waals surface area (Å²) in [5, 5.41) is 2.90. The molecule has 1 amide bonds. The number of rotatable bonds is 6. The first kappa shape index (κ1) is 15.4. The van der Waals surface area contributed by atoms with E-state index in [-0.39, 0.29) is 18.4 Å². The van der Waals surface area contributed by atoms with Gasteiger partial charge in [-0.2, -0.15) is 0 Å². The molecule has 0 unspecified atom stereocenters. The third-order valence-corrected chi connectivity index (χ3v) is 3.49. The zero-order valence-electron chi connectivity index (χ0n) is 12.3. The zero-order valence-corrected chi connectivity index (χ0v) is 12.3. The molecule has 1 aromatic rings. The molecule has 1 aliphatic carbocycles. The van der Waals surface area contributed by atoms with Crippen molar-refractivity contribution in [3.8, 4) is 5.75 Å². The van der Waals surface area contributed by atoms with Gasteiger partial charge in [-0.1, -0.05) is 18.9 Å². The van der Waals surface area contributed by atoms with Crippen LogP contribution < -0.4 is 10.1 Å². The van der Waals surface area contributed by atoms with Gasteiger partial charge in [0.2, 0.25) is 5.91 Å². The molecule has 21 heavy (non-hydrogen) atoms. The van der Waals surface area contributed by atoms with Crippen LogP contribution in [0.3, 0.4) is 0 Å². The minimum atomic E-state index is -0.405. The molecule has 1 aliphatic rings. The van der Waals surface area contributed by atoms with Crippen LogP contribution in [-0.2, 0) is 14.3 Å². The summed E-state index contributed by atoms with van der Waals surface area (Å²) in [6, 6.07) is 7.05. The van der Waals surface area contributed by atoms with Crippen LogP contribution in [-0.4, -0.2) is 25.1 Å². The van der Waals surface area contributed by atoms with Gasteiger partial charge >= 0.3 is 5.97 Å². The summed E-state index contributed by atoms with van der Waals surface area (Å²) in [4.78, 5) is 23.3. The van der Waals surface area contributed by atoms with E-state index in [1.165, 1.54) is 0 Å². The lowest BCUT2D eigenvalue weighted by Crippen LogP contribution is -2.20. The van der Waals surface area contributed by atoms with Crippen molar-refractivity contribution in [2.45, 2.75) is 32.6 Å². The van der Waals surface area contributed by atoms with Crippen molar-refractivity contribution >= 4 is 17.6 Å². The highest BCUT2D eigenvalue weighted by Gasteiger charge is 2.22.